The topological polar surface area (TPSA) is 52.6 Å². The zero-order valence-electron chi connectivity index (χ0n) is 18.0. The molecule has 1 unspecified atom stereocenters. The number of halogens is 1. The lowest BCUT2D eigenvalue weighted by atomic mass is 10.1. The van der Waals surface area contributed by atoms with Crippen molar-refractivity contribution in [3.63, 3.8) is 0 Å². The van der Waals surface area contributed by atoms with Crippen LogP contribution in [0.1, 0.15) is 6.92 Å². The average Bonchev–Trinajstić information content (AvgIpc) is 2.75. The van der Waals surface area contributed by atoms with Crippen molar-refractivity contribution < 1.29 is 9.47 Å². The van der Waals surface area contributed by atoms with Gasteiger partial charge in [-0.2, -0.15) is 0 Å². The Labute approximate surface area is 192 Å². The van der Waals surface area contributed by atoms with Crippen LogP contribution in [-0.4, -0.2) is 95.5 Å². The highest BCUT2D eigenvalue weighted by molar-refractivity contribution is 14.0. The number of morpholine rings is 1. The van der Waals surface area contributed by atoms with Gasteiger partial charge in [0.15, 0.2) is 5.96 Å². The molecule has 164 valence electrons. The number of nitrogens with zero attached hydrogens (tertiary/aromatic N) is 4. The zero-order valence-corrected chi connectivity index (χ0v) is 20.3. The summed E-state index contributed by atoms with van der Waals surface area (Å²) in [6, 6.07) is 8.25. The van der Waals surface area contributed by atoms with Gasteiger partial charge in [0.2, 0.25) is 0 Å². The van der Waals surface area contributed by atoms with Gasteiger partial charge in [0.05, 0.1) is 26.0 Å². The van der Waals surface area contributed by atoms with E-state index >= 15 is 0 Å². The Morgan fingerprint density at radius 3 is 2.48 bits per heavy atom. The number of hydrogen-bond acceptors (Lipinski definition) is 5. The van der Waals surface area contributed by atoms with Crippen LogP contribution in [0.5, 0.6) is 5.75 Å². The van der Waals surface area contributed by atoms with Gasteiger partial charge < -0.3 is 24.6 Å². The maximum absolute atomic E-state index is 5.52. The second-order valence-electron chi connectivity index (χ2n) is 7.59. The third kappa shape index (κ3) is 6.89. The molecule has 7 nitrogen and oxygen atoms in total. The summed E-state index contributed by atoms with van der Waals surface area (Å²) in [6.07, 6.45) is 0. The molecule has 0 bridgehead atoms. The number of guanidine groups is 1. The summed E-state index contributed by atoms with van der Waals surface area (Å²) >= 11 is 0. The molecule has 1 atom stereocenters. The van der Waals surface area contributed by atoms with Crippen molar-refractivity contribution in [3.8, 4) is 5.75 Å². The fourth-order valence-electron chi connectivity index (χ4n) is 3.94. The third-order valence-electron chi connectivity index (χ3n) is 5.50. The molecule has 0 aliphatic carbocycles. The maximum atomic E-state index is 5.52. The first-order valence-corrected chi connectivity index (χ1v) is 10.3. The number of nitrogens with one attached hydrogen (secondary N) is 1. The molecule has 0 amide bonds. The molecule has 2 heterocycles. The first-order chi connectivity index (χ1) is 13.7. The van der Waals surface area contributed by atoms with Crippen molar-refractivity contribution in [2.45, 2.75) is 6.92 Å². The molecule has 1 aromatic carbocycles. The summed E-state index contributed by atoms with van der Waals surface area (Å²) in [5, 5.41) is 3.58. The molecular weight excluding hydrogens is 481 g/mol. The first kappa shape index (κ1) is 24.0. The molecule has 3 rings (SSSR count). The van der Waals surface area contributed by atoms with Gasteiger partial charge in [-0.05, 0) is 18.1 Å². The van der Waals surface area contributed by atoms with Crippen LogP contribution in [0.2, 0.25) is 0 Å². The summed E-state index contributed by atoms with van der Waals surface area (Å²) in [4.78, 5) is 11.8. The van der Waals surface area contributed by atoms with Gasteiger partial charge in [-0.25, -0.2) is 0 Å². The van der Waals surface area contributed by atoms with Crippen LogP contribution in [0.25, 0.3) is 0 Å². The van der Waals surface area contributed by atoms with Crippen LogP contribution in [0.4, 0.5) is 5.69 Å². The molecule has 2 fully saturated rings. The van der Waals surface area contributed by atoms with Gasteiger partial charge in [0.1, 0.15) is 5.75 Å². The number of benzene rings is 1. The minimum Gasteiger partial charge on any atom is -0.495 e. The van der Waals surface area contributed by atoms with Crippen molar-refractivity contribution in [1.82, 2.24) is 15.1 Å². The third-order valence-corrected chi connectivity index (χ3v) is 5.50. The minimum atomic E-state index is 0. The molecule has 29 heavy (non-hydrogen) atoms. The van der Waals surface area contributed by atoms with E-state index in [1.54, 1.807) is 7.11 Å². The van der Waals surface area contributed by atoms with Crippen LogP contribution in [0, 0.1) is 5.92 Å². The summed E-state index contributed by atoms with van der Waals surface area (Å²) < 4.78 is 11.0. The molecule has 2 saturated heterocycles. The van der Waals surface area contributed by atoms with Crippen LogP contribution in [0.15, 0.2) is 29.3 Å². The van der Waals surface area contributed by atoms with Crippen molar-refractivity contribution >= 4 is 35.6 Å². The lowest BCUT2D eigenvalue weighted by Gasteiger charge is -2.38. The van der Waals surface area contributed by atoms with E-state index in [4.69, 9.17) is 9.47 Å². The molecule has 1 aromatic rings. The first-order valence-electron chi connectivity index (χ1n) is 10.3. The zero-order chi connectivity index (χ0) is 19.8. The molecule has 2 aliphatic heterocycles. The Bertz CT molecular complexity index is 631. The Morgan fingerprint density at radius 1 is 1.14 bits per heavy atom. The van der Waals surface area contributed by atoms with Crippen LogP contribution in [-0.2, 0) is 4.74 Å². The van der Waals surface area contributed by atoms with E-state index in [1.165, 1.54) is 5.69 Å². The monoisotopic (exact) mass is 517 g/mol. The predicted molar refractivity (Wildman–Crippen MR) is 130 cm³/mol. The summed E-state index contributed by atoms with van der Waals surface area (Å²) in [6.45, 7) is 12.0. The number of aliphatic imine (C=N–C) groups is 1. The van der Waals surface area contributed by atoms with Crippen molar-refractivity contribution in [1.29, 1.82) is 0 Å². The van der Waals surface area contributed by atoms with Gasteiger partial charge in [-0.15, -0.1) is 24.0 Å². The van der Waals surface area contributed by atoms with Gasteiger partial charge in [0, 0.05) is 59.4 Å². The summed E-state index contributed by atoms with van der Waals surface area (Å²) in [5.41, 5.74) is 1.17. The lowest BCUT2D eigenvalue weighted by molar-refractivity contribution is 0.0320. The minimum absolute atomic E-state index is 0. The Kier molecular flexibility index (Phi) is 10.3. The van der Waals surface area contributed by atoms with Crippen molar-refractivity contribution in [2.24, 2.45) is 10.9 Å². The number of rotatable bonds is 6. The summed E-state index contributed by atoms with van der Waals surface area (Å²) in [7, 11) is 3.61. The second kappa shape index (κ2) is 12.4. The van der Waals surface area contributed by atoms with Crippen molar-refractivity contribution in [3.05, 3.63) is 24.3 Å². The number of hydrogen-bond donors (Lipinski definition) is 1. The maximum Gasteiger partial charge on any atom is 0.193 e. The second-order valence-corrected chi connectivity index (χ2v) is 7.59. The molecule has 8 heteroatoms. The van der Waals surface area contributed by atoms with Gasteiger partial charge >= 0.3 is 0 Å². The molecule has 0 aromatic heterocycles. The van der Waals surface area contributed by atoms with Crippen molar-refractivity contribution in [2.75, 3.05) is 84.6 Å². The highest BCUT2D eigenvalue weighted by atomic mass is 127. The number of piperazine rings is 1. The number of methoxy groups -OCH3 is 1. The van der Waals surface area contributed by atoms with E-state index in [2.05, 4.69) is 44.1 Å². The molecule has 0 radical (unpaired) electrons. The molecule has 0 saturated carbocycles. The normalized spacial score (nSPS) is 19.5. The standard InChI is InChI=1S/C21H35N5O2.HI/c1-18(17-24-12-14-28-15-13-24)16-23-21(22-2)26-10-8-25(9-11-26)19-6-4-5-7-20(19)27-3;/h4-7,18H,8-17H2,1-3H3,(H,22,23);1H. The molecule has 2 aliphatic rings. The van der Waals surface area contributed by atoms with E-state index in [9.17, 15) is 0 Å². The van der Waals surface area contributed by atoms with Crippen LogP contribution >= 0.6 is 24.0 Å². The van der Waals surface area contributed by atoms with Gasteiger partial charge in [-0.3, -0.25) is 9.89 Å². The van der Waals surface area contributed by atoms with Gasteiger partial charge in [0.25, 0.3) is 0 Å². The molecule has 0 spiro atoms. The highest BCUT2D eigenvalue weighted by Crippen LogP contribution is 2.28. The Morgan fingerprint density at radius 2 is 1.83 bits per heavy atom. The number of para-hydroxylation sites is 2. The van der Waals surface area contributed by atoms with E-state index < -0.39 is 0 Å². The van der Waals surface area contributed by atoms with Crippen LogP contribution < -0.4 is 15.0 Å². The average molecular weight is 517 g/mol. The van der Waals surface area contributed by atoms with E-state index in [0.29, 0.717) is 5.92 Å². The number of ether oxygens (including phenoxy) is 2. The quantitative estimate of drug-likeness (QED) is 0.354. The lowest BCUT2D eigenvalue weighted by Crippen LogP contribution is -2.53. The Hall–Kier alpha value is -1.26. The van der Waals surface area contributed by atoms with E-state index in [1.807, 2.05) is 19.2 Å². The largest absolute Gasteiger partial charge is 0.495 e. The van der Waals surface area contributed by atoms with Crippen LogP contribution in [0.3, 0.4) is 0 Å². The van der Waals surface area contributed by atoms with E-state index in [0.717, 1.165) is 77.3 Å². The van der Waals surface area contributed by atoms with Gasteiger partial charge in [-0.1, -0.05) is 19.1 Å². The number of anilines is 1. The fraction of sp³-hybridized carbons (Fsp3) is 0.667. The fourth-order valence-corrected chi connectivity index (χ4v) is 3.94. The summed E-state index contributed by atoms with van der Waals surface area (Å²) in [5.74, 6) is 2.52. The SMILES string of the molecule is CN=C(NCC(C)CN1CCOCC1)N1CCN(c2ccccc2OC)CC1.I. The molecular formula is C21H36IN5O2. The molecule has 1 N–H and O–H groups in total. The van der Waals surface area contributed by atoms with E-state index in [-0.39, 0.29) is 24.0 Å². The highest BCUT2D eigenvalue weighted by Gasteiger charge is 2.22. The predicted octanol–water partition coefficient (Wildman–Crippen LogP) is 1.98. The Balaban J connectivity index is 0.00000300. The smallest absolute Gasteiger partial charge is 0.193 e.